The highest BCUT2D eigenvalue weighted by atomic mass is 16.2. The number of piperidine rings is 1. The SMILES string of the molecule is CC(N)C1CCCCN1C(=O)c1c[nH]c(=O)[nH]c1=O. The maximum atomic E-state index is 12.4. The Morgan fingerprint density at radius 1 is 1.47 bits per heavy atom. The van der Waals surface area contributed by atoms with Gasteiger partial charge in [-0.25, -0.2) is 4.79 Å². The van der Waals surface area contributed by atoms with Crippen LogP contribution in [0.3, 0.4) is 0 Å². The number of nitrogens with two attached hydrogens (primary N) is 1. The molecule has 2 unspecified atom stereocenters. The average Bonchev–Trinajstić information content (AvgIpc) is 2.38. The summed E-state index contributed by atoms with van der Waals surface area (Å²) in [5.74, 6) is -0.375. The van der Waals surface area contributed by atoms with E-state index in [1.807, 2.05) is 6.92 Å². The normalized spacial score (nSPS) is 21.2. The van der Waals surface area contributed by atoms with Gasteiger partial charge in [-0.15, -0.1) is 0 Å². The minimum Gasteiger partial charge on any atom is -0.334 e. The van der Waals surface area contributed by atoms with Crippen LogP contribution in [-0.2, 0) is 0 Å². The van der Waals surface area contributed by atoms with Crippen molar-refractivity contribution in [3.63, 3.8) is 0 Å². The Bertz CT molecular complexity index is 575. The third-order valence-electron chi connectivity index (χ3n) is 3.47. The van der Waals surface area contributed by atoms with Gasteiger partial charge in [-0.3, -0.25) is 14.6 Å². The summed E-state index contributed by atoms with van der Waals surface area (Å²) in [7, 11) is 0. The van der Waals surface area contributed by atoms with Crippen LogP contribution in [0.1, 0.15) is 36.5 Å². The van der Waals surface area contributed by atoms with E-state index in [1.54, 1.807) is 4.90 Å². The molecule has 104 valence electrons. The maximum absolute atomic E-state index is 12.4. The molecular formula is C12H18N4O3. The van der Waals surface area contributed by atoms with E-state index in [9.17, 15) is 14.4 Å². The fraction of sp³-hybridized carbons (Fsp3) is 0.583. The molecule has 0 radical (unpaired) electrons. The molecule has 1 amide bonds. The van der Waals surface area contributed by atoms with Gasteiger partial charge in [0, 0.05) is 24.8 Å². The first-order chi connectivity index (χ1) is 9.00. The molecule has 2 atom stereocenters. The van der Waals surface area contributed by atoms with Crippen LogP contribution in [0.4, 0.5) is 0 Å². The summed E-state index contributed by atoms with van der Waals surface area (Å²) in [6.07, 6.45) is 3.93. The molecule has 0 aliphatic carbocycles. The van der Waals surface area contributed by atoms with Gasteiger partial charge in [-0.2, -0.15) is 0 Å². The monoisotopic (exact) mass is 266 g/mol. The molecule has 4 N–H and O–H groups in total. The smallest absolute Gasteiger partial charge is 0.325 e. The Morgan fingerprint density at radius 2 is 2.21 bits per heavy atom. The number of aromatic amines is 2. The highest BCUT2D eigenvalue weighted by Crippen LogP contribution is 2.20. The zero-order chi connectivity index (χ0) is 14.0. The number of aromatic nitrogens is 2. The van der Waals surface area contributed by atoms with Crippen LogP contribution in [0.15, 0.2) is 15.8 Å². The first-order valence-electron chi connectivity index (χ1n) is 6.39. The first-order valence-corrected chi connectivity index (χ1v) is 6.39. The average molecular weight is 266 g/mol. The van der Waals surface area contributed by atoms with Crippen LogP contribution in [0.25, 0.3) is 0 Å². The molecule has 1 aliphatic heterocycles. The Balaban J connectivity index is 2.31. The van der Waals surface area contributed by atoms with Gasteiger partial charge in [0.15, 0.2) is 0 Å². The molecule has 0 bridgehead atoms. The standard InChI is InChI=1S/C12H18N4O3/c1-7(13)9-4-2-3-5-16(9)11(18)8-6-14-12(19)15-10(8)17/h6-7,9H,2-5,13H2,1H3,(H2,14,15,17,19). The first kappa shape index (κ1) is 13.5. The van der Waals surface area contributed by atoms with Gasteiger partial charge in [-0.1, -0.05) is 0 Å². The molecule has 7 heteroatoms. The molecule has 2 rings (SSSR count). The molecule has 1 saturated heterocycles. The van der Waals surface area contributed by atoms with Crippen molar-refractivity contribution in [1.29, 1.82) is 0 Å². The van der Waals surface area contributed by atoms with Crippen LogP contribution >= 0.6 is 0 Å². The zero-order valence-electron chi connectivity index (χ0n) is 10.8. The molecule has 0 saturated carbocycles. The van der Waals surface area contributed by atoms with Gasteiger partial charge in [0.1, 0.15) is 5.56 Å². The molecule has 0 spiro atoms. The Hall–Kier alpha value is -1.89. The third kappa shape index (κ3) is 2.76. The number of H-pyrrole nitrogens is 2. The number of rotatable bonds is 2. The van der Waals surface area contributed by atoms with Gasteiger partial charge < -0.3 is 15.6 Å². The number of nitrogens with zero attached hydrogens (tertiary/aromatic N) is 1. The molecule has 1 aromatic rings. The summed E-state index contributed by atoms with van der Waals surface area (Å²) in [6, 6.07) is -0.210. The van der Waals surface area contributed by atoms with Crippen LogP contribution in [0.2, 0.25) is 0 Å². The second kappa shape index (κ2) is 5.40. The Kier molecular flexibility index (Phi) is 3.84. The van der Waals surface area contributed by atoms with Crippen molar-refractivity contribution in [3.05, 3.63) is 32.6 Å². The minimum atomic E-state index is -0.664. The van der Waals surface area contributed by atoms with Crippen molar-refractivity contribution in [2.24, 2.45) is 5.73 Å². The molecule has 7 nitrogen and oxygen atoms in total. The van der Waals surface area contributed by atoms with Crippen molar-refractivity contribution >= 4 is 5.91 Å². The van der Waals surface area contributed by atoms with Crippen molar-refractivity contribution < 1.29 is 4.79 Å². The lowest BCUT2D eigenvalue weighted by molar-refractivity contribution is 0.0581. The third-order valence-corrected chi connectivity index (χ3v) is 3.47. The van der Waals surface area contributed by atoms with Gasteiger partial charge in [0.05, 0.1) is 0 Å². The lowest BCUT2D eigenvalue weighted by Gasteiger charge is -2.37. The summed E-state index contributed by atoms with van der Waals surface area (Å²) < 4.78 is 0. The quantitative estimate of drug-likeness (QED) is 0.663. The lowest BCUT2D eigenvalue weighted by Crippen LogP contribution is -2.52. The van der Waals surface area contributed by atoms with E-state index >= 15 is 0 Å². The van der Waals surface area contributed by atoms with Crippen molar-refractivity contribution in [2.45, 2.75) is 38.3 Å². The topological polar surface area (TPSA) is 112 Å². The maximum Gasteiger partial charge on any atom is 0.325 e. The van der Waals surface area contributed by atoms with Crippen LogP contribution in [-0.4, -0.2) is 39.4 Å². The number of carbonyl (C=O) groups is 1. The van der Waals surface area contributed by atoms with Crippen molar-refractivity contribution in [1.82, 2.24) is 14.9 Å². The van der Waals surface area contributed by atoms with Gasteiger partial charge in [0.25, 0.3) is 11.5 Å². The fourth-order valence-corrected chi connectivity index (χ4v) is 2.48. The fourth-order valence-electron chi connectivity index (χ4n) is 2.48. The minimum absolute atomic E-state index is 0.0489. The highest BCUT2D eigenvalue weighted by Gasteiger charge is 2.30. The number of amides is 1. The summed E-state index contributed by atoms with van der Waals surface area (Å²) in [5.41, 5.74) is 4.56. The number of likely N-dealkylation sites (tertiary alicyclic amines) is 1. The van der Waals surface area contributed by atoms with E-state index in [2.05, 4.69) is 9.97 Å². The van der Waals surface area contributed by atoms with Crippen molar-refractivity contribution in [3.8, 4) is 0 Å². The molecule has 0 aromatic carbocycles. The summed E-state index contributed by atoms with van der Waals surface area (Å²) in [5, 5.41) is 0. The Morgan fingerprint density at radius 3 is 2.84 bits per heavy atom. The number of hydrogen-bond acceptors (Lipinski definition) is 4. The van der Waals surface area contributed by atoms with E-state index in [-0.39, 0.29) is 23.6 Å². The second-order valence-corrected chi connectivity index (χ2v) is 4.91. The molecule has 1 aliphatic rings. The number of hydrogen-bond donors (Lipinski definition) is 3. The largest absolute Gasteiger partial charge is 0.334 e. The molecule has 1 fully saturated rings. The molecule has 19 heavy (non-hydrogen) atoms. The van der Waals surface area contributed by atoms with Gasteiger partial charge in [0.2, 0.25) is 0 Å². The summed E-state index contributed by atoms with van der Waals surface area (Å²) >= 11 is 0. The van der Waals surface area contributed by atoms with Crippen LogP contribution < -0.4 is 17.0 Å². The Labute approximate surface area is 109 Å². The predicted molar refractivity (Wildman–Crippen MR) is 70.0 cm³/mol. The molecule has 1 aromatic heterocycles. The van der Waals surface area contributed by atoms with E-state index in [0.29, 0.717) is 6.54 Å². The van der Waals surface area contributed by atoms with Gasteiger partial charge in [-0.05, 0) is 26.2 Å². The van der Waals surface area contributed by atoms with E-state index in [0.717, 1.165) is 25.5 Å². The van der Waals surface area contributed by atoms with Crippen LogP contribution in [0, 0.1) is 0 Å². The van der Waals surface area contributed by atoms with Gasteiger partial charge >= 0.3 is 5.69 Å². The molecular weight excluding hydrogens is 248 g/mol. The van der Waals surface area contributed by atoms with E-state index in [1.165, 1.54) is 0 Å². The van der Waals surface area contributed by atoms with Crippen molar-refractivity contribution in [2.75, 3.05) is 6.54 Å². The van der Waals surface area contributed by atoms with Crippen LogP contribution in [0.5, 0.6) is 0 Å². The summed E-state index contributed by atoms with van der Waals surface area (Å²) in [6.45, 7) is 2.44. The summed E-state index contributed by atoms with van der Waals surface area (Å²) in [4.78, 5) is 41.0. The lowest BCUT2D eigenvalue weighted by atomic mass is 9.96. The number of nitrogens with one attached hydrogen (secondary N) is 2. The van der Waals surface area contributed by atoms with E-state index < -0.39 is 11.2 Å². The number of carbonyl (C=O) groups excluding carboxylic acids is 1. The second-order valence-electron chi connectivity index (χ2n) is 4.91. The van der Waals surface area contributed by atoms with E-state index in [4.69, 9.17) is 5.73 Å². The zero-order valence-corrected chi connectivity index (χ0v) is 10.8. The predicted octanol–water partition coefficient (Wildman–Crippen LogP) is -0.595. The highest BCUT2D eigenvalue weighted by molar-refractivity contribution is 5.93. The molecule has 2 heterocycles.